The molecule has 0 bridgehead atoms. The van der Waals surface area contributed by atoms with Gasteiger partial charge in [0.25, 0.3) is 0 Å². The number of nitrogens with two attached hydrogens (primary N) is 1. The van der Waals surface area contributed by atoms with E-state index in [2.05, 4.69) is 12.0 Å². The highest BCUT2D eigenvalue weighted by Crippen LogP contribution is 2.29. The molecule has 1 unspecified atom stereocenters. The summed E-state index contributed by atoms with van der Waals surface area (Å²) < 4.78 is 22.5. The number of sulfonamides is 1. The van der Waals surface area contributed by atoms with E-state index < -0.39 is 10.0 Å². The van der Waals surface area contributed by atoms with Gasteiger partial charge in [0.05, 0.1) is 6.04 Å². The van der Waals surface area contributed by atoms with Crippen molar-refractivity contribution < 1.29 is 8.42 Å². The van der Waals surface area contributed by atoms with Gasteiger partial charge < -0.3 is 0 Å². The van der Waals surface area contributed by atoms with Crippen molar-refractivity contribution in [2.24, 2.45) is 10.3 Å². The van der Waals surface area contributed by atoms with Gasteiger partial charge in [0.2, 0.25) is 10.0 Å². The molecule has 0 aliphatic carbocycles. The predicted molar refractivity (Wildman–Crippen MR) is 72.3 cm³/mol. The van der Waals surface area contributed by atoms with E-state index in [9.17, 15) is 8.42 Å². The SMILES string of the molecule is CCCCCCC(N=N)c1csc(S(N)(=O)=O)c1. The Labute approximate surface area is 112 Å². The minimum absolute atomic E-state index is 0.139. The quantitative estimate of drug-likeness (QED) is 0.566. The Balaban J connectivity index is 2.65. The number of rotatable bonds is 8. The number of nitrogens with one attached hydrogen (secondary N) is 1. The van der Waals surface area contributed by atoms with Crippen molar-refractivity contribution in [3.8, 4) is 0 Å². The summed E-state index contributed by atoms with van der Waals surface area (Å²) in [6.07, 6.45) is 5.24. The normalized spacial score (nSPS) is 13.4. The molecular formula is C11H19N3O2S2. The van der Waals surface area contributed by atoms with E-state index in [0.717, 1.165) is 42.6 Å². The fraction of sp³-hybridized carbons (Fsp3) is 0.636. The first-order chi connectivity index (χ1) is 8.49. The second kappa shape index (κ2) is 6.96. The largest absolute Gasteiger partial charge is 0.247 e. The number of primary sulfonamides is 1. The molecule has 0 aliphatic rings. The highest BCUT2D eigenvalue weighted by molar-refractivity contribution is 7.91. The van der Waals surface area contributed by atoms with Crippen molar-refractivity contribution in [2.75, 3.05) is 0 Å². The summed E-state index contributed by atoms with van der Waals surface area (Å²) in [7, 11) is -3.64. The first kappa shape index (κ1) is 15.3. The Kier molecular flexibility index (Phi) is 5.90. The van der Waals surface area contributed by atoms with Crippen molar-refractivity contribution in [1.29, 1.82) is 5.53 Å². The van der Waals surface area contributed by atoms with Crippen LogP contribution in [0.4, 0.5) is 0 Å². The lowest BCUT2D eigenvalue weighted by atomic mass is 10.0. The van der Waals surface area contributed by atoms with E-state index >= 15 is 0 Å². The molecule has 0 radical (unpaired) electrons. The summed E-state index contributed by atoms with van der Waals surface area (Å²) >= 11 is 1.09. The van der Waals surface area contributed by atoms with Gasteiger partial charge in [-0.25, -0.2) is 19.1 Å². The minimum Gasteiger partial charge on any atom is -0.224 e. The van der Waals surface area contributed by atoms with Crippen LogP contribution >= 0.6 is 11.3 Å². The summed E-state index contributed by atoms with van der Waals surface area (Å²) in [5.74, 6) is 0. The van der Waals surface area contributed by atoms with Gasteiger partial charge in [0, 0.05) is 0 Å². The highest BCUT2D eigenvalue weighted by atomic mass is 32.2. The molecule has 1 rings (SSSR count). The van der Waals surface area contributed by atoms with Gasteiger partial charge in [-0.3, -0.25) is 0 Å². The first-order valence-corrected chi connectivity index (χ1v) is 8.39. The molecule has 0 fully saturated rings. The topological polar surface area (TPSA) is 96.4 Å². The van der Waals surface area contributed by atoms with Gasteiger partial charge in [0.1, 0.15) is 4.21 Å². The lowest BCUT2D eigenvalue weighted by molar-refractivity contribution is 0.545. The molecule has 3 N–H and O–H groups in total. The fourth-order valence-electron chi connectivity index (χ4n) is 1.72. The lowest BCUT2D eigenvalue weighted by Crippen LogP contribution is -2.10. The van der Waals surface area contributed by atoms with E-state index in [4.69, 9.17) is 10.7 Å². The number of unbranched alkanes of at least 4 members (excludes halogenated alkanes) is 3. The summed E-state index contributed by atoms with van der Waals surface area (Å²) in [4.78, 5) is 0. The van der Waals surface area contributed by atoms with Gasteiger partial charge in [0.15, 0.2) is 0 Å². The van der Waals surface area contributed by atoms with Gasteiger partial charge in [-0.2, -0.15) is 5.11 Å². The highest BCUT2D eigenvalue weighted by Gasteiger charge is 2.16. The molecule has 1 atom stereocenters. The van der Waals surface area contributed by atoms with Crippen molar-refractivity contribution >= 4 is 21.4 Å². The van der Waals surface area contributed by atoms with E-state index in [1.165, 1.54) is 12.5 Å². The van der Waals surface area contributed by atoms with Crippen molar-refractivity contribution in [2.45, 2.75) is 49.3 Å². The molecule has 7 heteroatoms. The van der Waals surface area contributed by atoms with Gasteiger partial charge in [-0.15, -0.1) is 11.3 Å². The smallest absolute Gasteiger partial charge is 0.224 e. The number of nitrogens with zero attached hydrogens (tertiary/aromatic N) is 1. The number of thiophene rings is 1. The third-order valence-electron chi connectivity index (χ3n) is 2.75. The van der Waals surface area contributed by atoms with E-state index in [0.29, 0.717) is 0 Å². The first-order valence-electron chi connectivity index (χ1n) is 5.96. The molecule has 0 aliphatic heterocycles. The maximum atomic E-state index is 11.2. The molecule has 0 spiro atoms. The average molecular weight is 289 g/mol. The predicted octanol–water partition coefficient (Wildman–Crippen LogP) is 3.44. The van der Waals surface area contributed by atoms with Crippen LogP contribution in [0.25, 0.3) is 0 Å². The molecular weight excluding hydrogens is 270 g/mol. The maximum absolute atomic E-state index is 11.2. The number of hydrogen-bond donors (Lipinski definition) is 2. The van der Waals surface area contributed by atoms with Crippen molar-refractivity contribution in [3.63, 3.8) is 0 Å². The molecule has 18 heavy (non-hydrogen) atoms. The summed E-state index contributed by atoms with van der Waals surface area (Å²) in [5, 5.41) is 10.4. The minimum atomic E-state index is -3.64. The lowest BCUT2D eigenvalue weighted by Gasteiger charge is -2.08. The molecule has 0 amide bonds. The summed E-state index contributed by atoms with van der Waals surface area (Å²) in [5.41, 5.74) is 7.97. The zero-order valence-corrected chi connectivity index (χ0v) is 12.1. The van der Waals surface area contributed by atoms with Crippen LogP contribution in [-0.2, 0) is 10.0 Å². The second-order valence-electron chi connectivity index (χ2n) is 4.24. The molecule has 0 saturated heterocycles. The van der Waals surface area contributed by atoms with Crippen LogP contribution < -0.4 is 5.14 Å². The van der Waals surface area contributed by atoms with Crippen LogP contribution in [0.2, 0.25) is 0 Å². The van der Waals surface area contributed by atoms with Crippen LogP contribution in [0.3, 0.4) is 0 Å². The van der Waals surface area contributed by atoms with Crippen LogP contribution in [0.15, 0.2) is 20.8 Å². The molecule has 102 valence electrons. The van der Waals surface area contributed by atoms with Gasteiger partial charge in [-0.1, -0.05) is 32.6 Å². The Morgan fingerprint density at radius 1 is 1.44 bits per heavy atom. The number of hydrogen-bond acceptors (Lipinski definition) is 5. The monoisotopic (exact) mass is 289 g/mol. The van der Waals surface area contributed by atoms with Crippen LogP contribution in [0.5, 0.6) is 0 Å². The Morgan fingerprint density at radius 2 is 2.17 bits per heavy atom. The molecule has 1 aromatic rings. The standard InChI is InChI=1S/C11H19N3O2S2/c1-2-3-4-5-6-10(14-12)9-7-11(17-8-9)18(13,15)16/h7-8,10,12H,2-6H2,1H3,(H2,13,15,16). The zero-order valence-electron chi connectivity index (χ0n) is 10.4. The second-order valence-corrected chi connectivity index (χ2v) is 6.94. The van der Waals surface area contributed by atoms with E-state index in [1.54, 1.807) is 5.38 Å². The van der Waals surface area contributed by atoms with E-state index in [-0.39, 0.29) is 10.3 Å². The fourth-order valence-corrected chi connectivity index (χ4v) is 3.39. The molecule has 1 heterocycles. The molecule has 0 aromatic carbocycles. The summed E-state index contributed by atoms with van der Waals surface area (Å²) in [6.45, 7) is 2.14. The van der Waals surface area contributed by atoms with Crippen molar-refractivity contribution in [1.82, 2.24) is 0 Å². The summed E-state index contributed by atoms with van der Waals surface area (Å²) in [6, 6.07) is 1.29. The van der Waals surface area contributed by atoms with Gasteiger partial charge >= 0.3 is 0 Å². The van der Waals surface area contributed by atoms with Crippen molar-refractivity contribution in [3.05, 3.63) is 17.0 Å². The molecule has 5 nitrogen and oxygen atoms in total. The van der Waals surface area contributed by atoms with Gasteiger partial charge in [-0.05, 0) is 23.4 Å². The molecule has 0 saturated carbocycles. The Hall–Kier alpha value is -0.790. The Bertz CT molecular complexity index is 482. The Morgan fingerprint density at radius 3 is 2.67 bits per heavy atom. The third-order valence-corrected chi connectivity index (χ3v) is 5.15. The zero-order chi connectivity index (χ0) is 13.6. The average Bonchev–Trinajstić information content (AvgIpc) is 2.78. The van der Waals surface area contributed by atoms with E-state index in [1.807, 2.05) is 0 Å². The third kappa shape index (κ3) is 4.47. The molecule has 1 aromatic heterocycles. The van der Waals surface area contributed by atoms with Crippen LogP contribution in [0, 0.1) is 5.53 Å². The van der Waals surface area contributed by atoms with Crippen LogP contribution in [-0.4, -0.2) is 8.42 Å². The maximum Gasteiger partial charge on any atom is 0.247 e. The van der Waals surface area contributed by atoms with Crippen LogP contribution in [0.1, 0.15) is 50.6 Å².